The largest absolute Gasteiger partial charge is 0.0654 e. The molecule has 0 saturated heterocycles. The predicted octanol–water partition coefficient (Wildman–Crippen LogP) is 22.6. The van der Waals surface area contributed by atoms with Crippen molar-refractivity contribution < 1.29 is 0 Å². The molecule has 0 aliphatic heterocycles. The van der Waals surface area contributed by atoms with Crippen molar-refractivity contribution in [2.45, 2.75) is 362 Å². The third kappa shape index (κ3) is 50.4. The van der Waals surface area contributed by atoms with Crippen LogP contribution in [0.4, 0.5) is 0 Å². The van der Waals surface area contributed by atoms with Crippen LogP contribution >= 0.6 is 0 Å². The molecule has 0 rings (SSSR count). The highest BCUT2D eigenvalue weighted by Crippen LogP contribution is 2.26. The maximum absolute atomic E-state index is 2.52. The van der Waals surface area contributed by atoms with Gasteiger partial charge in [0.15, 0.2) is 0 Å². The highest BCUT2D eigenvalue weighted by molar-refractivity contribution is 4.63. The van der Waals surface area contributed by atoms with Gasteiger partial charge in [0, 0.05) is 0 Å². The van der Waals surface area contributed by atoms with E-state index in [1.54, 1.807) is 0 Å². The van der Waals surface area contributed by atoms with Crippen molar-refractivity contribution in [2.75, 3.05) is 0 Å². The van der Waals surface area contributed by atoms with E-state index in [9.17, 15) is 0 Å². The Labute approximate surface area is 372 Å². The Morgan fingerprint density at radius 1 is 0.172 bits per heavy atom. The van der Waals surface area contributed by atoms with E-state index in [0.29, 0.717) is 0 Å². The molecule has 0 N–H and O–H groups in total. The van der Waals surface area contributed by atoms with Crippen LogP contribution in [-0.2, 0) is 0 Å². The van der Waals surface area contributed by atoms with Gasteiger partial charge in [-0.05, 0) is 11.8 Å². The molecule has 58 heavy (non-hydrogen) atoms. The predicted molar refractivity (Wildman–Crippen MR) is 270 cm³/mol. The van der Waals surface area contributed by atoms with E-state index in [1.807, 2.05) is 0 Å². The lowest BCUT2D eigenvalue weighted by atomic mass is 9.89. The van der Waals surface area contributed by atoms with Gasteiger partial charge in [0.2, 0.25) is 0 Å². The molecule has 0 aliphatic rings. The van der Waals surface area contributed by atoms with Crippen LogP contribution in [0.15, 0.2) is 0 Å². The van der Waals surface area contributed by atoms with E-state index in [0.717, 1.165) is 11.8 Å². The number of hydrogen-bond acceptors (Lipinski definition) is 0. The standard InChI is InChI=1S/C58H118/c1-5-8-11-14-17-20-22-23-24-25-26-27-29-35-40-45-50-55-58(54-49-44-39-34-28-21-18-15-12-9-6-2)56-51-46-41-36-31-30-33-38-43-48-53-57(4)52-47-42-37-32-19-16-13-10-7-3/h57-58H,5-56H2,1-4H3. The van der Waals surface area contributed by atoms with Gasteiger partial charge in [-0.1, -0.05) is 362 Å². The fraction of sp³-hybridized carbons (Fsp3) is 1.00. The third-order valence-corrected chi connectivity index (χ3v) is 14.3. The van der Waals surface area contributed by atoms with E-state index < -0.39 is 0 Å². The SMILES string of the molecule is CCCCCCCCCCCCCCCCCCCC(CCCCCCCCCCCCC)CCCCCCCCCCCCC(C)CCCCCCCCCCC. The summed E-state index contributed by atoms with van der Waals surface area (Å²) in [5.41, 5.74) is 0. The van der Waals surface area contributed by atoms with Gasteiger partial charge in [-0.2, -0.15) is 0 Å². The maximum Gasteiger partial charge on any atom is -0.0414 e. The molecule has 0 saturated carbocycles. The molecule has 350 valence electrons. The first-order valence-corrected chi connectivity index (χ1v) is 28.7. The molecule has 0 bridgehead atoms. The molecule has 0 amide bonds. The van der Waals surface area contributed by atoms with Crippen molar-refractivity contribution in [3.8, 4) is 0 Å². The van der Waals surface area contributed by atoms with E-state index in [1.165, 1.54) is 334 Å². The summed E-state index contributed by atoms with van der Waals surface area (Å²) in [5, 5.41) is 0. The smallest absolute Gasteiger partial charge is 0.0414 e. The van der Waals surface area contributed by atoms with Crippen LogP contribution in [-0.4, -0.2) is 0 Å². The highest BCUT2D eigenvalue weighted by atomic mass is 14.2. The van der Waals surface area contributed by atoms with Crippen LogP contribution in [0.3, 0.4) is 0 Å². The quantitative estimate of drug-likeness (QED) is 0.0537. The van der Waals surface area contributed by atoms with Crippen molar-refractivity contribution in [1.82, 2.24) is 0 Å². The molecule has 0 aromatic carbocycles. The summed E-state index contributed by atoms with van der Waals surface area (Å²) >= 11 is 0. The Hall–Kier alpha value is 0. The molecule has 0 aromatic rings. The van der Waals surface area contributed by atoms with Gasteiger partial charge < -0.3 is 0 Å². The molecular formula is C58H118. The molecule has 0 heteroatoms. The van der Waals surface area contributed by atoms with E-state index >= 15 is 0 Å². The van der Waals surface area contributed by atoms with Gasteiger partial charge in [-0.25, -0.2) is 0 Å². The van der Waals surface area contributed by atoms with E-state index in [4.69, 9.17) is 0 Å². The second kappa shape index (κ2) is 53.1. The zero-order valence-corrected chi connectivity index (χ0v) is 41.9. The molecule has 0 heterocycles. The van der Waals surface area contributed by atoms with Crippen LogP contribution in [0.1, 0.15) is 362 Å². The first-order valence-electron chi connectivity index (χ1n) is 28.7. The Morgan fingerprint density at radius 3 is 0.483 bits per heavy atom. The lowest BCUT2D eigenvalue weighted by Gasteiger charge is -2.17. The highest BCUT2D eigenvalue weighted by Gasteiger charge is 2.09. The van der Waals surface area contributed by atoms with Crippen LogP contribution < -0.4 is 0 Å². The van der Waals surface area contributed by atoms with E-state index in [-0.39, 0.29) is 0 Å². The first-order chi connectivity index (χ1) is 28.7. The minimum absolute atomic E-state index is 0.961. The van der Waals surface area contributed by atoms with Gasteiger partial charge >= 0.3 is 0 Å². The van der Waals surface area contributed by atoms with Crippen molar-refractivity contribution in [1.29, 1.82) is 0 Å². The second-order valence-electron chi connectivity index (χ2n) is 20.5. The summed E-state index contributed by atoms with van der Waals surface area (Å²) in [6.45, 7) is 9.49. The Bertz CT molecular complexity index is 680. The molecule has 0 aromatic heterocycles. The monoisotopic (exact) mass is 815 g/mol. The van der Waals surface area contributed by atoms with Crippen LogP contribution in [0, 0.1) is 11.8 Å². The zero-order valence-electron chi connectivity index (χ0n) is 41.9. The summed E-state index contributed by atoms with van der Waals surface area (Å²) in [4.78, 5) is 0. The van der Waals surface area contributed by atoms with Crippen molar-refractivity contribution in [2.24, 2.45) is 11.8 Å². The molecule has 2 unspecified atom stereocenters. The maximum atomic E-state index is 2.52. The minimum Gasteiger partial charge on any atom is -0.0654 e. The fourth-order valence-corrected chi connectivity index (χ4v) is 9.98. The lowest BCUT2D eigenvalue weighted by Crippen LogP contribution is -2.01. The van der Waals surface area contributed by atoms with Crippen molar-refractivity contribution in [3.63, 3.8) is 0 Å². The second-order valence-corrected chi connectivity index (χ2v) is 20.5. The average Bonchev–Trinajstić information content (AvgIpc) is 3.23. The fourth-order valence-electron chi connectivity index (χ4n) is 9.98. The van der Waals surface area contributed by atoms with Crippen molar-refractivity contribution >= 4 is 0 Å². The molecular weight excluding hydrogens is 697 g/mol. The summed E-state index contributed by atoms with van der Waals surface area (Å²) in [7, 11) is 0. The van der Waals surface area contributed by atoms with Gasteiger partial charge in [-0.3, -0.25) is 0 Å². The number of unbranched alkanes of at least 4 members (excludes halogenated alkanes) is 43. The summed E-state index contributed by atoms with van der Waals surface area (Å²) in [5.74, 6) is 1.99. The Balaban J connectivity index is 3.91. The van der Waals surface area contributed by atoms with Crippen molar-refractivity contribution in [3.05, 3.63) is 0 Å². The third-order valence-electron chi connectivity index (χ3n) is 14.3. The van der Waals surface area contributed by atoms with Crippen LogP contribution in [0.2, 0.25) is 0 Å². The molecule has 0 aliphatic carbocycles. The number of hydrogen-bond donors (Lipinski definition) is 0. The van der Waals surface area contributed by atoms with Crippen LogP contribution in [0.5, 0.6) is 0 Å². The van der Waals surface area contributed by atoms with Gasteiger partial charge in [0.05, 0.1) is 0 Å². The van der Waals surface area contributed by atoms with Crippen LogP contribution in [0.25, 0.3) is 0 Å². The Morgan fingerprint density at radius 2 is 0.310 bits per heavy atom. The zero-order chi connectivity index (χ0) is 41.9. The van der Waals surface area contributed by atoms with E-state index in [2.05, 4.69) is 27.7 Å². The topological polar surface area (TPSA) is 0 Å². The number of rotatable bonds is 53. The van der Waals surface area contributed by atoms with Gasteiger partial charge in [-0.15, -0.1) is 0 Å². The lowest BCUT2D eigenvalue weighted by molar-refractivity contribution is 0.365. The Kier molecular flexibility index (Phi) is 53.1. The average molecular weight is 816 g/mol. The molecule has 0 spiro atoms. The first kappa shape index (κ1) is 58.0. The molecule has 0 radical (unpaired) electrons. The molecule has 0 fully saturated rings. The van der Waals surface area contributed by atoms with Gasteiger partial charge in [0.1, 0.15) is 0 Å². The molecule has 2 atom stereocenters. The molecule has 0 nitrogen and oxygen atoms in total. The summed E-state index contributed by atoms with van der Waals surface area (Å²) in [6.07, 6.45) is 77.2. The summed E-state index contributed by atoms with van der Waals surface area (Å²) in [6, 6.07) is 0. The van der Waals surface area contributed by atoms with Gasteiger partial charge in [0.25, 0.3) is 0 Å². The summed E-state index contributed by atoms with van der Waals surface area (Å²) < 4.78 is 0. The minimum atomic E-state index is 0.961. The normalized spacial score (nSPS) is 12.8.